The van der Waals surface area contributed by atoms with E-state index < -0.39 is 0 Å². The number of nitrogens with one attached hydrogen (secondary N) is 3. The Morgan fingerprint density at radius 3 is 2.81 bits per heavy atom. The molecule has 1 aromatic rings. The van der Waals surface area contributed by atoms with Crippen molar-refractivity contribution in [2.75, 3.05) is 18.9 Å². The number of anilines is 1. The lowest BCUT2D eigenvalue weighted by Gasteiger charge is -2.07. The fraction of sp³-hybridized carbons (Fsp3) is 0.500. The Balaban J connectivity index is 1.71. The number of aromatic nitrogens is 1. The van der Waals surface area contributed by atoms with Gasteiger partial charge in [0.2, 0.25) is 5.91 Å². The van der Waals surface area contributed by atoms with Gasteiger partial charge in [0.05, 0.1) is 10.6 Å². The van der Waals surface area contributed by atoms with Gasteiger partial charge in [0, 0.05) is 32.3 Å². The molecule has 1 aromatic heterocycles. The van der Waals surface area contributed by atoms with E-state index in [1.165, 1.54) is 6.20 Å². The quantitative estimate of drug-likeness (QED) is 0.668. The molecule has 0 bridgehead atoms. The molecule has 6 nitrogen and oxygen atoms in total. The summed E-state index contributed by atoms with van der Waals surface area (Å²) < 4.78 is 0. The molecule has 0 unspecified atom stereocenters. The van der Waals surface area contributed by atoms with Crippen molar-refractivity contribution in [2.45, 2.75) is 31.7 Å². The van der Waals surface area contributed by atoms with E-state index in [0.29, 0.717) is 41.8 Å². The number of carbonyl (C=O) groups is 2. The predicted octanol–water partition coefficient (Wildman–Crippen LogP) is 1.57. The largest absolute Gasteiger partial charge is 0.372 e. The van der Waals surface area contributed by atoms with Gasteiger partial charge in [-0.15, -0.1) is 0 Å². The SMILES string of the molecule is CNc1ncc(C(=O)NCCCC(=O)NC2CC2)cc1Cl. The lowest BCUT2D eigenvalue weighted by molar-refractivity contribution is -0.121. The summed E-state index contributed by atoms with van der Waals surface area (Å²) >= 11 is 5.97. The van der Waals surface area contributed by atoms with Crippen LogP contribution in [0.5, 0.6) is 0 Å². The van der Waals surface area contributed by atoms with Gasteiger partial charge in [-0.3, -0.25) is 9.59 Å². The third kappa shape index (κ3) is 4.90. The first-order chi connectivity index (χ1) is 10.1. The van der Waals surface area contributed by atoms with Crippen molar-refractivity contribution in [1.29, 1.82) is 0 Å². The first kappa shape index (κ1) is 15.6. The molecule has 114 valence electrons. The van der Waals surface area contributed by atoms with Crippen molar-refractivity contribution >= 4 is 29.2 Å². The molecule has 1 aliphatic carbocycles. The first-order valence-electron chi connectivity index (χ1n) is 7.01. The molecule has 1 saturated carbocycles. The maximum absolute atomic E-state index is 11.9. The summed E-state index contributed by atoms with van der Waals surface area (Å²) in [6.07, 6.45) is 4.67. The Morgan fingerprint density at radius 1 is 1.43 bits per heavy atom. The van der Waals surface area contributed by atoms with Gasteiger partial charge in [-0.1, -0.05) is 11.6 Å². The lowest BCUT2D eigenvalue weighted by atomic mass is 10.2. The average molecular weight is 311 g/mol. The van der Waals surface area contributed by atoms with Crippen LogP contribution in [0, 0.1) is 0 Å². The fourth-order valence-electron chi connectivity index (χ4n) is 1.83. The van der Waals surface area contributed by atoms with Gasteiger partial charge in [0.1, 0.15) is 5.82 Å². The summed E-state index contributed by atoms with van der Waals surface area (Å²) in [7, 11) is 1.71. The van der Waals surface area contributed by atoms with E-state index in [1.807, 2.05) is 0 Å². The number of rotatable bonds is 7. The smallest absolute Gasteiger partial charge is 0.252 e. The highest BCUT2D eigenvalue weighted by Crippen LogP contribution is 2.19. The lowest BCUT2D eigenvalue weighted by Crippen LogP contribution is -2.28. The highest BCUT2D eigenvalue weighted by molar-refractivity contribution is 6.33. The van der Waals surface area contributed by atoms with Gasteiger partial charge >= 0.3 is 0 Å². The van der Waals surface area contributed by atoms with Crippen LogP contribution < -0.4 is 16.0 Å². The van der Waals surface area contributed by atoms with Gasteiger partial charge in [-0.05, 0) is 25.3 Å². The van der Waals surface area contributed by atoms with Crippen LogP contribution in [0.3, 0.4) is 0 Å². The van der Waals surface area contributed by atoms with Gasteiger partial charge < -0.3 is 16.0 Å². The zero-order chi connectivity index (χ0) is 15.2. The standard InChI is InChI=1S/C14H19ClN4O2/c1-16-13-11(15)7-9(8-18-13)14(21)17-6-2-3-12(20)19-10-4-5-10/h7-8,10H,2-6H2,1H3,(H,16,18)(H,17,21)(H,19,20). The third-order valence-corrected chi connectivity index (χ3v) is 3.44. The number of pyridine rings is 1. The number of halogens is 1. The second-order valence-corrected chi connectivity index (χ2v) is 5.41. The van der Waals surface area contributed by atoms with Crippen molar-refractivity contribution in [1.82, 2.24) is 15.6 Å². The van der Waals surface area contributed by atoms with Crippen molar-refractivity contribution in [3.05, 3.63) is 22.8 Å². The summed E-state index contributed by atoms with van der Waals surface area (Å²) in [5.74, 6) is 0.342. The van der Waals surface area contributed by atoms with Crippen LogP contribution in [0.4, 0.5) is 5.82 Å². The predicted molar refractivity (Wildman–Crippen MR) is 81.5 cm³/mol. The van der Waals surface area contributed by atoms with Crippen molar-refractivity contribution in [2.24, 2.45) is 0 Å². The number of carbonyl (C=O) groups excluding carboxylic acids is 2. The number of hydrogen-bond donors (Lipinski definition) is 3. The van der Waals surface area contributed by atoms with E-state index >= 15 is 0 Å². The van der Waals surface area contributed by atoms with Gasteiger partial charge in [-0.2, -0.15) is 0 Å². The van der Waals surface area contributed by atoms with Crippen LogP contribution in [-0.4, -0.2) is 36.4 Å². The zero-order valence-corrected chi connectivity index (χ0v) is 12.7. The Labute approximate surface area is 128 Å². The summed E-state index contributed by atoms with van der Waals surface area (Å²) in [6, 6.07) is 1.95. The van der Waals surface area contributed by atoms with E-state index in [1.54, 1.807) is 13.1 Å². The molecule has 1 aliphatic rings. The Bertz CT molecular complexity index is 532. The molecule has 0 saturated heterocycles. The zero-order valence-electron chi connectivity index (χ0n) is 11.9. The van der Waals surface area contributed by atoms with Crippen LogP contribution in [0.25, 0.3) is 0 Å². The molecule has 0 aromatic carbocycles. The van der Waals surface area contributed by atoms with Crippen molar-refractivity contribution in [3.63, 3.8) is 0 Å². The molecule has 0 spiro atoms. The molecule has 2 amide bonds. The minimum absolute atomic E-state index is 0.0508. The van der Waals surface area contributed by atoms with Crippen molar-refractivity contribution in [3.8, 4) is 0 Å². The summed E-state index contributed by atoms with van der Waals surface area (Å²) in [4.78, 5) is 27.4. The molecule has 3 N–H and O–H groups in total. The second-order valence-electron chi connectivity index (χ2n) is 5.01. The Morgan fingerprint density at radius 2 is 2.19 bits per heavy atom. The van der Waals surface area contributed by atoms with Gasteiger partial charge in [-0.25, -0.2) is 4.98 Å². The fourth-order valence-corrected chi connectivity index (χ4v) is 2.09. The topological polar surface area (TPSA) is 83.1 Å². The minimum atomic E-state index is -0.241. The van der Waals surface area contributed by atoms with Crippen LogP contribution in [-0.2, 0) is 4.79 Å². The molecule has 0 radical (unpaired) electrons. The maximum atomic E-state index is 11.9. The summed E-state index contributed by atoms with van der Waals surface area (Å²) in [6.45, 7) is 0.447. The number of nitrogens with zero attached hydrogens (tertiary/aromatic N) is 1. The molecule has 1 fully saturated rings. The number of amides is 2. The molecule has 21 heavy (non-hydrogen) atoms. The molecular weight excluding hydrogens is 292 g/mol. The van der Waals surface area contributed by atoms with E-state index in [4.69, 9.17) is 11.6 Å². The third-order valence-electron chi connectivity index (χ3n) is 3.15. The second kappa shape index (κ2) is 7.26. The summed E-state index contributed by atoms with van der Waals surface area (Å²) in [5.41, 5.74) is 0.404. The summed E-state index contributed by atoms with van der Waals surface area (Å²) in [5, 5.41) is 8.88. The highest BCUT2D eigenvalue weighted by Gasteiger charge is 2.22. The van der Waals surface area contributed by atoms with Crippen LogP contribution in [0.2, 0.25) is 5.02 Å². The maximum Gasteiger partial charge on any atom is 0.252 e. The Hall–Kier alpha value is -1.82. The minimum Gasteiger partial charge on any atom is -0.372 e. The van der Waals surface area contributed by atoms with Gasteiger partial charge in [0.15, 0.2) is 0 Å². The van der Waals surface area contributed by atoms with Crippen LogP contribution >= 0.6 is 11.6 Å². The number of hydrogen-bond acceptors (Lipinski definition) is 4. The molecule has 2 rings (SSSR count). The van der Waals surface area contributed by atoms with Crippen LogP contribution in [0.15, 0.2) is 12.3 Å². The molecule has 0 aliphatic heterocycles. The molecule has 0 atom stereocenters. The van der Waals surface area contributed by atoms with E-state index in [-0.39, 0.29) is 11.8 Å². The molecule has 1 heterocycles. The van der Waals surface area contributed by atoms with Gasteiger partial charge in [0.25, 0.3) is 5.91 Å². The monoisotopic (exact) mass is 310 g/mol. The molecule has 7 heteroatoms. The Kier molecular flexibility index (Phi) is 5.38. The molecular formula is C14H19ClN4O2. The average Bonchev–Trinajstić information content (AvgIpc) is 3.27. The highest BCUT2D eigenvalue weighted by atomic mass is 35.5. The van der Waals surface area contributed by atoms with Crippen molar-refractivity contribution < 1.29 is 9.59 Å². The van der Waals surface area contributed by atoms with Crippen LogP contribution in [0.1, 0.15) is 36.0 Å². The van der Waals surface area contributed by atoms with E-state index in [9.17, 15) is 9.59 Å². The van der Waals surface area contributed by atoms with E-state index in [0.717, 1.165) is 12.8 Å². The first-order valence-corrected chi connectivity index (χ1v) is 7.39. The van der Waals surface area contributed by atoms with E-state index in [2.05, 4.69) is 20.9 Å². The normalized spacial score (nSPS) is 13.6.